The Morgan fingerprint density at radius 3 is 2.57 bits per heavy atom. The first kappa shape index (κ1) is 13.8. The maximum atomic E-state index is 5.82. The number of nitrogens with zero attached hydrogens (tertiary/aromatic N) is 3. The van der Waals surface area contributed by atoms with Gasteiger partial charge in [0.05, 0.1) is 11.0 Å². The Bertz CT molecular complexity index is 769. The van der Waals surface area contributed by atoms with E-state index >= 15 is 0 Å². The molecule has 2 heterocycles. The predicted molar refractivity (Wildman–Crippen MR) is 85.7 cm³/mol. The molecule has 3 rings (SSSR count). The van der Waals surface area contributed by atoms with Crippen molar-refractivity contribution in [2.45, 2.75) is 33.2 Å². The molecule has 4 nitrogen and oxygen atoms in total. The van der Waals surface area contributed by atoms with Crippen molar-refractivity contribution in [1.29, 1.82) is 0 Å². The van der Waals surface area contributed by atoms with E-state index in [4.69, 9.17) is 5.73 Å². The maximum absolute atomic E-state index is 5.82. The summed E-state index contributed by atoms with van der Waals surface area (Å²) in [5, 5.41) is 0. The van der Waals surface area contributed by atoms with Gasteiger partial charge < -0.3 is 5.73 Å². The summed E-state index contributed by atoms with van der Waals surface area (Å²) in [5.74, 6) is 0.883. The fraction of sp³-hybridized carbons (Fsp3) is 0.294. The molecule has 0 aliphatic heterocycles. The van der Waals surface area contributed by atoms with E-state index < -0.39 is 0 Å². The summed E-state index contributed by atoms with van der Waals surface area (Å²) >= 11 is 0. The average molecular weight is 280 g/mol. The van der Waals surface area contributed by atoms with E-state index in [1.807, 2.05) is 30.1 Å². The lowest BCUT2D eigenvalue weighted by molar-refractivity contribution is 0.735. The number of imidazole rings is 1. The Balaban J connectivity index is 2.02. The van der Waals surface area contributed by atoms with Crippen LogP contribution in [0.15, 0.2) is 36.8 Å². The maximum Gasteiger partial charge on any atom is 0.138 e. The van der Waals surface area contributed by atoms with Gasteiger partial charge in [-0.15, -0.1) is 0 Å². The minimum absolute atomic E-state index is 0.150. The van der Waals surface area contributed by atoms with Crippen molar-refractivity contribution >= 4 is 11.0 Å². The molecule has 0 saturated heterocycles. The second kappa shape index (κ2) is 5.30. The van der Waals surface area contributed by atoms with Crippen molar-refractivity contribution in [3.63, 3.8) is 0 Å². The molecule has 0 bridgehead atoms. The fourth-order valence-corrected chi connectivity index (χ4v) is 2.50. The molecule has 1 aromatic carbocycles. The third kappa shape index (κ3) is 2.67. The van der Waals surface area contributed by atoms with Crippen LogP contribution in [0.1, 0.15) is 23.6 Å². The molecule has 21 heavy (non-hydrogen) atoms. The molecule has 108 valence electrons. The van der Waals surface area contributed by atoms with Gasteiger partial charge in [-0.05, 0) is 62.1 Å². The largest absolute Gasteiger partial charge is 0.328 e. The van der Waals surface area contributed by atoms with Crippen LogP contribution in [0.4, 0.5) is 0 Å². The van der Waals surface area contributed by atoms with Crippen LogP contribution in [0, 0.1) is 13.8 Å². The first-order chi connectivity index (χ1) is 10.0. The highest BCUT2D eigenvalue weighted by Crippen LogP contribution is 2.21. The highest BCUT2D eigenvalue weighted by atomic mass is 15.1. The van der Waals surface area contributed by atoms with Crippen LogP contribution in [0.3, 0.4) is 0 Å². The number of rotatable bonds is 3. The summed E-state index contributed by atoms with van der Waals surface area (Å²) in [6.07, 6.45) is 4.57. The molecule has 4 heteroatoms. The van der Waals surface area contributed by atoms with Gasteiger partial charge in [0.25, 0.3) is 0 Å². The molecular formula is C17H20N4. The number of aryl methyl sites for hydroxylation is 2. The highest BCUT2D eigenvalue weighted by molar-refractivity contribution is 5.78. The SMILES string of the molecule is Cc1cc2ncn(-c3ccc(CC(C)N)cn3)c2cc1C. The summed E-state index contributed by atoms with van der Waals surface area (Å²) in [5.41, 5.74) is 11.6. The van der Waals surface area contributed by atoms with Gasteiger partial charge >= 0.3 is 0 Å². The molecule has 0 spiro atoms. The van der Waals surface area contributed by atoms with Crippen LogP contribution in [0.25, 0.3) is 16.9 Å². The lowest BCUT2D eigenvalue weighted by Gasteiger charge is -2.08. The van der Waals surface area contributed by atoms with Gasteiger partial charge in [-0.25, -0.2) is 9.97 Å². The Morgan fingerprint density at radius 2 is 1.90 bits per heavy atom. The van der Waals surface area contributed by atoms with Crippen LogP contribution >= 0.6 is 0 Å². The molecule has 1 atom stereocenters. The summed E-state index contributed by atoms with van der Waals surface area (Å²) in [4.78, 5) is 9.01. The van der Waals surface area contributed by atoms with Gasteiger partial charge in [0.1, 0.15) is 12.1 Å². The summed E-state index contributed by atoms with van der Waals surface area (Å²) in [6, 6.07) is 8.53. The van der Waals surface area contributed by atoms with Crippen LogP contribution in [0.2, 0.25) is 0 Å². The molecule has 0 radical (unpaired) electrons. The average Bonchev–Trinajstić information content (AvgIpc) is 2.82. The van der Waals surface area contributed by atoms with Crippen molar-refractivity contribution in [3.8, 4) is 5.82 Å². The van der Waals surface area contributed by atoms with Gasteiger partial charge in [0.2, 0.25) is 0 Å². The Labute approximate surface area is 124 Å². The molecule has 2 N–H and O–H groups in total. The van der Waals surface area contributed by atoms with E-state index in [1.165, 1.54) is 11.1 Å². The Morgan fingerprint density at radius 1 is 1.14 bits per heavy atom. The standard InChI is InChI=1S/C17H20N4/c1-11-6-15-16(7-12(11)2)21(10-20-15)17-5-4-14(9-19-17)8-13(3)18/h4-7,9-10,13H,8,18H2,1-3H3. The Kier molecular flexibility index (Phi) is 3.47. The normalized spacial score (nSPS) is 12.8. The molecule has 0 saturated carbocycles. The predicted octanol–water partition coefficient (Wildman–Crippen LogP) is 2.93. The lowest BCUT2D eigenvalue weighted by Crippen LogP contribution is -2.17. The second-order valence-electron chi connectivity index (χ2n) is 5.75. The quantitative estimate of drug-likeness (QED) is 0.802. The minimum atomic E-state index is 0.150. The number of nitrogens with two attached hydrogens (primary N) is 1. The number of aromatic nitrogens is 3. The number of benzene rings is 1. The molecule has 2 aromatic heterocycles. The first-order valence-corrected chi connectivity index (χ1v) is 7.20. The number of fused-ring (bicyclic) bond motifs is 1. The van der Waals surface area contributed by atoms with E-state index in [9.17, 15) is 0 Å². The fourth-order valence-electron chi connectivity index (χ4n) is 2.50. The molecule has 3 aromatic rings. The van der Waals surface area contributed by atoms with Crippen molar-refractivity contribution in [2.75, 3.05) is 0 Å². The van der Waals surface area contributed by atoms with E-state index in [1.54, 1.807) is 0 Å². The van der Waals surface area contributed by atoms with Gasteiger partial charge in [0, 0.05) is 12.2 Å². The van der Waals surface area contributed by atoms with Crippen LogP contribution in [-0.4, -0.2) is 20.6 Å². The van der Waals surface area contributed by atoms with Crippen molar-refractivity contribution in [3.05, 3.63) is 53.5 Å². The van der Waals surface area contributed by atoms with E-state index in [0.717, 1.165) is 28.8 Å². The molecule has 0 aliphatic rings. The second-order valence-corrected chi connectivity index (χ2v) is 5.75. The molecule has 0 amide bonds. The smallest absolute Gasteiger partial charge is 0.138 e. The van der Waals surface area contributed by atoms with E-state index in [2.05, 4.69) is 42.0 Å². The van der Waals surface area contributed by atoms with Crippen LogP contribution in [-0.2, 0) is 6.42 Å². The third-order valence-electron chi connectivity index (χ3n) is 3.78. The Hall–Kier alpha value is -2.20. The number of hydrogen-bond donors (Lipinski definition) is 1. The van der Waals surface area contributed by atoms with Crippen molar-refractivity contribution in [2.24, 2.45) is 5.73 Å². The van der Waals surface area contributed by atoms with E-state index in [0.29, 0.717) is 0 Å². The van der Waals surface area contributed by atoms with Crippen molar-refractivity contribution in [1.82, 2.24) is 14.5 Å². The van der Waals surface area contributed by atoms with Crippen LogP contribution in [0.5, 0.6) is 0 Å². The zero-order chi connectivity index (χ0) is 15.0. The summed E-state index contributed by atoms with van der Waals surface area (Å²) in [6.45, 7) is 6.22. The first-order valence-electron chi connectivity index (χ1n) is 7.20. The zero-order valence-corrected chi connectivity index (χ0v) is 12.7. The highest BCUT2D eigenvalue weighted by Gasteiger charge is 2.08. The monoisotopic (exact) mass is 280 g/mol. The molecule has 0 aliphatic carbocycles. The molecule has 0 fully saturated rings. The third-order valence-corrected chi connectivity index (χ3v) is 3.78. The van der Waals surface area contributed by atoms with Crippen molar-refractivity contribution < 1.29 is 0 Å². The molecular weight excluding hydrogens is 260 g/mol. The van der Waals surface area contributed by atoms with E-state index in [-0.39, 0.29) is 6.04 Å². The number of hydrogen-bond acceptors (Lipinski definition) is 3. The number of pyridine rings is 1. The molecule has 1 unspecified atom stereocenters. The lowest BCUT2D eigenvalue weighted by atomic mass is 10.1. The summed E-state index contributed by atoms with van der Waals surface area (Å²) < 4.78 is 2.03. The topological polar surface area (TPSA) is 56.7 Å². The van der Waals surface area contributed by atoms with Gasteiger partial charge in [-0.1, -0.05) is 6.07 Å². The summed E-state index contributed by atoms with van der Waals surface area (Å²) in [7, 11) is 0. The van der Waals surface area contributed by atoms with Gasteiger partial charge in [-0.3, -0.25) is 4.57 Å². The van der Waals surface area contributed by atoms with Gasteiger partial charge in [-0.2, -0.15) is 0 Å². The zero-order valence-electron chi connectivity index (χ0n) is 12.7. The minimum Gasteiger partial charge on any atom is -0.328 e. The van der Waals surface area contributed by atoms with Gasteiger partial charge in [0.15, 0.2) is 0 Å². The van der Waals surface area contributed by atoms with Crippen LogP contribution < -0.4 is 5.73 Å².